The summed E-state index contributed by atoms with van der Waals surface area (Å²) in [4.78, 5) is 19.0. The number of fused-ring (bicyclic) bond motifs is 9. The Balaban J connectivity index is 1.16. The van der Waals surface area contributed by atoms with Gasteiger partial charge in [-0.15, -0.1) is 0 Å². The largest absolute Gasteiger partial charge is 0.332 e. The first-order valence-corrected chi connectivity index (χ1v) is 20.2. The van der Waals surface area contributed by atoms with E-state index in [9.17, 15) is 0 Å². The smallest absolute Gasteiger partial charge is 0.165 e. The minimum atomic E-state index is -0.0379. The van der Waals surface area contributed by atoms with Gasteiger partial charge in [-0.2, -0.15) is 0 Å². The van der Waals surface area contributed by atoms with Crippen molar-refractivity contribution >= 4 is 33.2 Å². The Morgan fingerprint density at radius 2 is 1.31 bits per heavy atom. The quantitative estimate of drug-likeness (QED) is 0.178. The molecule has 0 amide bonds. The molecule has 0 radical (unpaired) electrons. The first-order chi connectivity index (χ1) is 27.0. The summed E-state index contributed by atoms with van der Waals surface area (Å²) in [5, 5.41) is 2.54. The van der Waals surface area contributed by atoms with Crippen LogP contribution in [0, 0.1) is 17.8 Å². The fourth-order valence-corrected chi connectivity index (χ4v) is 11.3. The van der Waals surface area contributed by atoms with E-state index in [1.165, 1.54) is 52.3 Å². The molecule has 5 unspecified atom stereocenters. The van der Waals surface area contributed by atoms with Crippen LogP contribution >= 0.6 is 0 Å². The highest BCUT2D eigenvalue weighted by Gasteiger charge is 2.48. The molecule has 6 atom stereocenters. The van der Waals surface area contributed by atoms with Crippen molar-refractivity contribution in [1.82, 2.24) is 19.5 Å². The predicted octanol–water partition coefficient (Wildman–Crippen LogP) is 12.1. The molecule has 7 aromatic rings. The van der Waals surface area contributed by atoms with Crippen LogP contribution in [-0.4, -0.2) is 25.6 Å². The van der Waals surface area contributed by atoms with Gasteiger partial charge < -0.3 is 9.47 Å². The van der Waals surface area contributed by atoms with Crippen LogP contribution in [0.25, 0.3) is 50.3 Å². The molecule has 5 aromatic carbocycles. The molecular formula is C50H45N5. The van der Waals surface area contributed by atoms with Crippen LogP contribution in [0.15, 0.2) is 146 Å². The summed E-state index contributed by atoms with van der Waals surface area (Å²) in [7, 11) is 0. The molecule has 3 aliphatic carbocycles. The van der Waals surface area contributed by atoms with Gasteiger partial charge in [-0.25, -0.2) is 15.0 Å². The van der Waals surface area contributed by atoms with Crippen LogP contribution in [0.3, 0.4) is 0 Å². The van der Waals surface area contributed by atoms with Crippen molar-refractivity contribution in [2.45, 2.75) is 63.3 Å². The predicted molar refractivity (Wildman–Crippen MR) is 225 cm³/mol. The zero-order valence-electron chi connectivity index (χ0n) is 31.5. The second-order valence-corrected chi connectivity index (χ2v) is 16.9. The molecule has 2 fully saturated rings. The molecule has 11 rings (SSSR count). The topological polar surface area (TPSA) is 46.8 Å². The lowest BCUT2D eigenvalue weighted by molar-refractivity contribution is 0.0720. The van der Waals surface area contributed by atoms with Gasteiger partial charge in [0.1, 0.15) is 5.82 Å². The number of rotatable bonds is 5. The molecule has 1 aliphatic heterocycles. The average Bonchev–Trinajstić information content (AvgIpc) is 3.74. The maximum atomic E-state index is 5.60. The van der Waals surface area contributed by atoms with E-state index >= 15 is 0 Å². The highest BCUT2D eigenvalue weighted by atomic mass is 15.2. The van der Waals surface area contributed by atoms with Crippen LogP contribution in [0.4, 0.5) is 11.4 Å². The summed E-state index contributed by atoms with van der Waals surface area (Å²) >= 11 is 0. The molecule has 4 aliphatic rings. The highest BCUT2D eigenvalue weighted by molar-refractivity contribution is 6.17. The first kappa shape index (κ1) is 32.6. The summed E-state index contributed by atoms with van der Waals surface area (Å²) < 4.78 is 2.43. The molecule has 2 saturated carbocycles. The monoisotopic (exact) mass is 715 g/mol. The zero-order chi connectivity index (χ0) is 36.7. The molecule has 55 heavy (non-hydrogen) atoms. The second kappa shape index (κ2) is 12.6. The summed E-state index contributed by atoms with van der Waals surface area (Å²) in [6, 6.07) is 43.9. The Morgan fingerprint density at radius 1 is 0.618 bits per heavy atom. The molecule has 0 saturated heterocycles. The van der Waals surface area contributed by atoms with E-state index in [0.29, 0.717) is 11.8 Å². The normalized spacial score (nSPS) is 25.3. The fraction of sp³-hybridized carbons (Fsp3) is 0.260. The Kier molecular flexibility index (Phi) is 7.49. The summed E-state index contributed by atoms with van der Waals surface area (Å²) in [6.45, 7) is 4.88. The van der Waals surface area contributed by atoms with E-state index in [1.54, 1.807) is 0 Å². The maximum absolute atomic E-state index is 5.60. The minimum Gasteiger partial charge on any atom is -0.332 e. The van der Waals surface area contributed by atoms with Gasteiger partial charge in [-0.05, 0) is 91.8 Å². The van der Waals surface area contributed by atoms with Crippen LogP contribution < -0.4 is 4.90 Å². The van der Waals surface area contributed by atoms with Crippen molar-refractivity contribution in [2.24, 2.45) is 17.8 Å². The molecular weight excluding hydrogens is 671 g/mol. The Hall–Kier alpha value is -5.81. The van der Waals surface area contributed by atoms with Gasteiger partial charge in [0.05, 0.1) is 28.5 Å². The van der Waals surface area contributed by atoms with Gasteiger partial charge in [0.15, 0.2) is 11.6 Å². The summed E-state index contributed by atoms with van der Waals surface area (Å²) in [5.41, 5.74) is 9.37. The van der Waals surface area contributed by atoms with Gasteiger partial charge in [0, 0.05) is 38.9 Å². The van der Waals surface area contributed by atoms with Crippen LogP contribution in [-0.2, 0) is 5.41 Å². The van der Waals surface area contributed by atoms with Crippen molar-refractivity contribution in [3.63, 3.8) is 0 Å². The van der Waals surface area contributed by atoms with Crippen LogP contribution in [0.1, 0.15) is 63.3 Å². The third kappa shape index (κ3) is 5.16. The van der Waals surface area contributed by atoms with Gasteiger partial charge in [-0.3, -0.25) is 0 Å². The summed E-state index contributed by atoms with van der Waals surface area (Å²) in [5.74, 6) is 4.78. The van der Waals surface area contributed by atoms with Gasteiger partial charge in [0.2, 0.25) is 0 Å². The van der Waals surface area contributed by atoms with Crippen molar-refractivity contribution in [3.05, 3.63) is 157 Å². The van der Waals surface area contributed by atoms with Crippen LogP contribution in [0.2, 0.25) is 0 Å². The average molecular weight is 716 g/mol. The van der Waals surface area contributed by atoms with Crippen LogP contribution in [0.5, 0.6) is 0 Å². The van der Waals surface area contributed by atoms with E-state index in [2.05, 4.69) is 169 Å². The number of hydrogen-bond donors (Lipinski definition) is 0. The lowest BCUT2D eigenvalue weighted by Gasteiger charge is -2.49. The number of aromatic nitrogens is 4. The van der Waals surface area contributed by atoms with Crippen molar-refractivity contribution < 1.29 is 0 Å². The van der Waals surface area contributed by atoms with Crippen molar-refractivity contribution in [1.29, 1.82) is 0 Å². The number of benzene rings is 5. The zero-order valence-corrected chi connectivity index (χ0v) is 31.5. The van der Waals surface area contributed by atoms with Crippen molar-refractivity contribution in [2.75, 3.05) is 4.90 Å². The van der Waals surface area contributed by atoms with E-state index in [4.69, 9.17) is 15.0 Å². The molecule has 5 heteroatoms. The SMILES string of the molecule is CC1CC2C[C@@H](C)CC(c3nc(-c4ccccc4)nc(-c4ccccc4N4c5c(ccc6c5c5ccccc5n6-c5ccccc5)C5C=CC=CC54)n3)(C1)C2. The molecule has 3 heterocycles. The van der Waals surface area contributed by atoms with E-state index in [0.717, 1.165) is 58.7 Å². The Bertz CT molecular complexity index is 2640. The fourth-order valence-electron chi connectivity index (χ4n) is 11.3. The van der Waals surface area contributed by atoms with Gasteiger partial charge in [-0.1, -0.05) is 123 Å². The van der Waals surface area contributed by atoms with E-state index in [1.807, 2.05) is 0 Å². The molecule has 2 aromatic heterocycles. The highest BCUT2D eigenvalue weighted by Crippen LogP contribution is 2.56. The van der Waals surface area contributed by atoms with Gasteiger partial charge >= 0.3 is 0 Å². The Morgan fingerprint density at radius 3 is 2.13 bits per heavy atom. The third-order valence-electron chi connectivity index (χ3n) is 13.0. The molecule has 270 valence electrons. The number of hydrogen-bond acceptors (Lipinski definition) is 4. The lowest BCUT2D eigenvalue weighted by atomic mass is 9.56. The maximum Gasteiger partial charge on any atom is 0.165 e. The number of nitrogens with zero attached hydrogens (tertiary/aromatic N) is 5. The Labute approximate surface area is 323 Å². The van der Waals surface area contributed by atoms with E-state index in [-0.39, 0.29) is 17.4 Å². The molecule has 2 bridgehead atoms. The van der Waals surface area contributed by atoms with Crippen molar-refractivity contribution in [3.8, 4) is 28.5 Å². The number of para-hydroxylation sites is 3. The lowest BCUT2D eigenvalue weighted by Crippen LogP contribution is -2.43. The minimum absolute atomic E-state index is 0.0379. The number of anilines is 2. The second-order valence-electron chi connectivity index (χ2n) is 16.9. The third-order valence-corrected chi connectivity index (χ3v) is 13.0. The molecule has 5 nitrogen and oxygen atoms in total. The number of allylic oxidation sites excluding steroid dienone is 2. The summed E-state index contributed by atoms with van der Waals surface area (Å²) in [6.07, 6.45) is 15.3. The van der Waals surface area contributed by atoms with E-state index < -0.39 is 0 Å². The van der Waals surface area contributed by atoms with Gasteiger partial charge in [0.25, 0.3) is 0 Å². The molecule has 0 spiro atoms. The standard InChI is InChI=1S/C50H45N5/c1-32-27-34-28-33(2)30-50(29-32,31-34)49-52-47(35-15-5-3-6-16-35)51-48(53-49)40-21-11-14-24-43(40)55-41-22-12-9-19-37(41)38-25-26-44-45(46(38)55)39-20-10-13-23-42(39)54(44)36-17-7-4-8-18-36/h3-26,32-34,37,41H,27-31H2,1-2H3/t32-,33?,34?,37?,41?,50?/m1/s1. The molecule has 0 N–H and O–H groups in total. The first-order valence-electron chi connectivity index (χ1n) is 20.2.